The lowest BCUT2D eigenvalue weighted by atomic mass is 10.1. The number of anilines is 3. The normalized spacial score (nSPS) is 14.6. The molecule has 9 nitrogen and oxygen atoms in total. The molecule has 0 radical (unpaired) electrons. The summed E-state index contributed by atoms with van der Waals surface area (Å²) in [6.07, 6.45) is 3.60. The molecule has 3 aromatic rings. The molecule has 190 valence electrons. The van der Waals surface area contributed by atoms with E-state index in [9.17, 15) is 4.79 Å². The second-order valence-corrected chi connectivity index (χ2v) is 8.84. The van der Waals surface area contributed by atoms with Crippen LogP contribution >= 0.6 is 11.3 Å². The molecular weight excluding hydrogens is 476 g/mol. The number of piperazine rings is 1. The van der Waals surface area contributed by atoms with Crippen molar-refractivity contribution in [2.45, 2.75) is 20.4 Å². The Bertz CT molecular complexity index is 1240. The van der Waals surface area contributed by atoms with Crippen LogP contribution in [0.5, 0.6) is 11.5 Å². The first-order valence-corrected chi connectivity index (χ1v) is 12.8. The number of ether oxygens (including phenoxy) is 2. The molecule has 1 amide bonds. The topological polar surface area (TPSA) is 91.9 Å². The van der Waals surface area contributed by atoms with E-state index in [2.05, 4.69) is 27.1 Å². The lowest BCUT2D eigenvalue weighted by Gasteiger charge is -2.31. The molecule has 2 N–H and O–H groups in total. The van der Waals surface area contributed by atoms with Crippen LogP contribution < -0.4 is 29.9 Å². The van der Waals surface area contributed by atoms with Crippen molar-refractivity contribution in [3.8, 4) is 11.5 Å². The number of nitrogens with one attached hydrogen (secondary N) is 2. The molecule has 1 aromatic carbocycles. The number of fused-ring (bicyclic) bond motifs is 1. The van der Waals surface area contributed by atoms with Gasteiger partial charge in [-0.3, -0.25) is 14.7 Å². The highest BCUT2D eigenvalue weighted by molar-refractivity contribution is 7.14. The van der Waals surface area contributed by atoms with Gasteiger partial charge >= 0.3 is 0 Å². The highest BCUT2D eigenvalue weighted by atomic mass is 32.1. The van der Waals surface area contributed by atoms with E-state index < -0.39 is 0 Å². The summed E-state index contributed by atoms with van der Waals surface area (Å²) in [7, 11) is 3.14. The lowest BCUT2D eigenvalue weighted by Crippen LogP contribution is -2.43. The lowest BCUT2D eigenvalue weighted by molar-refractivity contribution is 0.0996. The van der Waals surface area contributed by atoms with Crippen LogP contribution in [0.1, 0.15) is 35.5 Å². The van der Waals surface area contributed by atoms with Crippen molar-refractivity contribution < 1.29 is 14.3 Å². The Morgan fingerprint density at radius 2 is 1.89 bits per heavy atom. The largest absolute Gasteiger partial charge is 0.493 e. The first kappa shape index (κ1) is 25.5. The molecule has 1 saturated heterocycles. The summed E-state index contributed by atoms with van der Waals surface area (Å²) in [5.41, 5.74) is 4.79. The van der Waals surface area contributed by atoms with Gasteiger partial charge in [-0.05, 0) is 23.8 Å². The fraction of sp³-hybridized carbons (Fsp3) is 0.346. The van der Waals surface area contributed by atoms with E-state index in [0.29, 0.717) is 40.1 Å². The molecule has 10 heteroatoms. The third kappa shape index (κ3) is 5.00. The van der Waals surface area contributed by atoms with Crippen molar-refractivity contribution in [2.75, 3.05) is 55.5 Å². The van der Waals surface area contributed by atoms with Gasteiger partial charge < -0.3 is 25.0 Å². The molecule has 1 fully saturated rings. The minimum Gasteiger partial charge on any atom is -0.493 e. The molecule has 5 rings (SSSR count). The molecule has 0 aliphatic carbocycles. The fourth-order valence-electron chi connectivity index (χ4n) is 4.21. The maximum atomic E-state index is 13.1. The molecule has 0 unspecified atom stereocenters. The molecular formula is C26H32N6O3S. The number of carbonyl (C=O) groups excluding carboxylic acids is 1. The number of carbonyl (C=O) groups is 1. The molecule has 0 atom stereocenters. The SMILES string of the molecule is C=C(Nc1cnccc1N1CCNCC1)c1csc(N2Cc3cc(OC)c(OC)cc3C2=O)n1.CC. The molecule has 2 aromatic heterocycles. The summed E-state index contributed by atoms with van der Waals surface area (Å²) in [6.45, 7) is 12.4. The number of methoxy groups -OCH3 is 2. The molecule has 0 bridgehead atoms. The monoisotopic (exact) mass is 508 g/mol. The number of nitrogens with zero attached hydrogens (tertiary/aromatic N) is 4. The van der Waals surface area contributed by atoms with Gasteiger partial charge in [-0.25, -0.2) is 4.98 Å². The van der Waals surface area contributed by atoms with E-state index in [1.165, 1.54) is 11.3 Å². The van der Waals surface area contributed by atoms with E-state index in [4.69, 9.17) is 14.5 Å². The van der Waals surface area contributed by atoms with Crippen molar-refractivity contribution in [2.24, 2.45) is 0 Å². The average Bonchev–Trinajstić information content (AvgIpc) is 3.54. The Labute approximate surface area is 215 Å². The Morgan fingerprint density at radius 1 is 1.17 bits per heavy atom. The number of thiazole rings is 1. The first-order valence-electron chi connectivity index (χ1n) is 12.0. The van der Waals surface area contributed by atoms with Gasteiger partial charge in [-0.15, -0.1) is 11.3 Å². The van der Waals surface area contributed by atoms with Crippen LogP contribution in [0.4, 0.5) is 16.5 Å². The second-order valence-electron chi connectivity index (χ2n) is 8.00. The molecule has 0 spiro atoms. The number of aromatic nitrogens is 2. The minimum atomic E-state index is -0.108. The van der Waals surface area contributed by atoms with Crippen molar-refractivity contribution in [3.05, 3.63) is 59.4 Å². The molecule has 36 heavy (non-hydrogen) atoms. The predicted molar refractivity (Wildman–Crippen MR) is 145 cm³/mol. The van der Waals surface area contributed by atoms with Crippen LogP contribution in [0.2, 0.25) is 0 Å². The van der Waals surface area contributed by atoms with Crippen molar-refractivity contribution in [1.82, 2.24) is 15.3 Å². The summed E-state index contributed by atoms with van der Waals surface area (Å²) in [5, 5.41) is 9.27. The minimum absolute atomic E-state index is 0.108. The van der Waals surface area contributed by atoms with Crippen molar-refractivity contribution in [3.63, 3.8) is 0 Å². The van der Waals surface area contributed by atoms with Crippen LogP contribution in [-0.4, -0.2) is 56.3 Å². The van der Waals surface area contributed by atoms with Gasteiger partial charge in [0, 0.05) is 43.3 Å². The standard InChI is InChI=1S/C24H26N6O3S.C2H6/c1-15(27-18-12-26-5-4-20(18)29-8-6-25-7-9-29)19-14-34-24(28-19)30-13-16-10-21(32-2)22(33-3)11-17(16)23(30)31;1-2/h4-5,10-12,14,25,27H,1,6-9,13H2,2-3H3;1-2H3. The Morgan fingerprint density at radius 3 is 2.61 bits per heavy atom. The maximum absolute atomic E-state index is 13.1. The second kappa shape index (κ2) is 11.4. The van der Waals surface area contributed by atoms with Crippen LogP contribution in [0.25, 0.3) is 5.70 Å². The van der Waals surface area contributed by atoms with E-state index >= 15 is 0 Å². The third-order valence-corrected chi connectivity index (χ3v) is 6.85. The molecule has 2 aliphatic heterocycles. The summed E-state index contributed by atoms with van der Waals surface area (Å²) in [5.74, 6) is 1.03. The van der Waals surface area contributed by atoms with Gasteiger partial charge in [-0.1, -0.05) is 20.4 Å². The summed E-state index contributed by atoms with van der Waals surface area (Å²) >= 11 is 1.41. The number of benzene rings is 1. The third-order valence-electron chi connectivity index (χ3n) is 5.99. The summed E-state index contributed by atoms with van der Waals surface area (Å²) in [4.78, 5) is 26.1. The van der Waals surface area contributed by atoms with Gasteiger partial charge in [0.15, 0.2) is 16.6 Å². The fourth-order valence-corrected chi connectivity index (χ4v) is 5.05. The quantitative estimate of drug-likeness (QED) is 0.490. The molecule has 4 heterocycles. The zero-order valence-electron chi connectivity index (χ0n) is 21.1. The van der Waals surface area contributed by atoms with Crippen LogP contribution in [-0.2, 0) is 6.54 Å². The molecule has 2 aliphatic rings. The van der Waals surface area contributed by atoms with Crippen molar-refractivity contribution >= 4 is 39.4 Å². The van der Waals surface area contributed by atoms with Crippen LogP contribution in [0.3, 0.4) is 0 Å². The smallest absolute Gasteiger partial charge is 0.260 e. The van der Waals surface area contributed by atoms with Gasteiger partial charge in [0.05, 0.1) is 49.7 Å². The number of rotatable bonds is 7. The molecule has 0 saturated carbocycles. The first-order chi connectivity index (χ1) is 17.6. The number of hydrogen-bond donors (Lipinski definition) is 2. The van der Waals surface area contributed by atoms with Gasteiger partial charge in [0.2, 0.25) is 0 Å². The van der Waals surface area contributed by atoms with E-state index in [1.54, 1.807) is 37.6 Å². The number of amides is 1. The van der Waals surface area contributed by atoms with Gasteiger partial charge in [0.1, 0.15) is 0 Å². The summed E-state index contributed by atoms with van der Waals surface area (Å²) in [6, 6.07) is 5.59. The average molecular weight is 509 g/mol. The van der Waals surface area contributed by atoms with E-state index in [1.807, 2.05) is 31.4 Å². The van der Waals surface area contributed by atoms with Gasteiger partial charge in [-0.2, -0.15) is 0 Å². The predicted octanol–water partition coefficient (Wildman–Crippen LogP) is 4.23. The zero-order chi connectivity index (χ0) is 25.7. The Kier molecular flexibility index (Phi) is 8.07. The van der Waals surface area contributed by atoms with E-state index in [0.717, 1.165) is 43.1 Å². The Hall–Kier alpha value is -3.63. The van der Waals surface area contributed by atoms with E-state index in [-0.39, 0.29) is 5.91 Å². The number of hydrogen-bond acceptors (Lipinski definition) is 9. The van der Waals surface area contributed by atoms with Crippen LogP contribution in [0, 0.1) is 0 Å². The highest BCUT2D eigenvalue weighted by Crippen LogP contribution is 2.38. The highest BCUT2D eigenvalue weighted by Gasteiger charge is 2.32. The zero-order valence-corrected chi connectivity index (χ0v) is 21.9. The van der Waals surface area contributed by atoms with Gasteiger partial charge in [0.25, 0.3) is 5.91 Å². The summed E-state index contributed by atoms with van der Waals surface area (Å²) < 4.78 is 10.7. The van der Waals surface area contributed by atoms with Crippen molar-refractivity contribution in [1.29, 1.82) is 0 Å². The number of pyridine rings is 1. The maximum Gasteiger partial charge on any atom is 0.260 e. The Balaban J connectivity index is 0.00000148. The van der Waals surface area contributed by atoms with Crippen LogP contribution in [0.15, 0.2) is 42.6 Å².